The van der Waals surface area contributed by atoms with Crippen LogP contribution < -0.4 is 10.1 Å². The Kier molecular flexibility index (Phi) is 4.32. The molecule has 0 radical (unpaired) electrons. The number of pyridine rings is 2. The molecule has 4 heterocycles. The number of aliphatic hydroxyl groups is 1. The van der Waals surface area contributed by atoms with Gasteiger partial charge in [0.25, 0.3) is 0 Å². The zero-order valence-electron chi connectivity index (χ0n) is 16.1. The lowest BCUT2D eigenvalue weighted by Gasteiger charge is -2.29. The molecule has 2 saturated heterocycles. The zero-order valence-corrected chi connectivity index (χ0v) is 16.9. The lowest BCUT2D eigenvalue weighted by molar-refractivity contribution is -0.137. The molecule has 3 fully saturated rings. The van der Waals surface area contributed by atoms with Gasteiger partial charge in [0.15, 0.2) is 0 Å². The number of aliphatic hydroxyl groups excluding tert-OH is 1. The summed E-state index contributed by atoms with van der Waals surface area (Å²) in [5.74, 6) is -0.474. The second kappa shape index (κ2) is 6.54. The molecule has 2 N–H and O–H groups in total. The summed E-state index contributed by atoms with van der Waals surface area (Å²) < 4.78 is 50.5. The maximum Gasteiger partial charge on any atom is 0.416 e. The number of nitrogens with one attached hydrogen (secondary N) is 1. The Bertz CT molecular complexity index is 1080. The summed E-state index contributed by atoms with van der Waals surface area (Å²) in [5.41, 5.74) is -2.18. The van der Waals surface area contributed by atoms with Crippen molar-refractivity contribution in [1.82, 2.24) is 9.97 Å². The Hall–Kier alpha value is -2.43. The smallest absolute Gasteiger partial charge is 0.416 e. The van der Waals surface area contributed by atoms with Gasteiger partial charge in [-0.15, -0.1) is 0 Å². The summed E-state index contributed by atoms with van der Waals surface area (Å²) in [5, 5.41) is 12.6. The van der Waals surface area contributed by atoms with E-state index in [1.54, 1.807) is 12.1 Å². The first kappa shape index (κ1) is 20.5. The Morgan fingerprint density at radius 3 is 2.87 bits per heavy atom. The molecule has 2 aromatic rings. The van der Waals surface area contributed by atoms with Crippen molar-refractivity contribution in [2.75, 3.05) is 12.4 Å². The van der Waals surface area contributed by atoms with Crippen molar-refractivity contribution < 1.29 is 32.5 Å². The van der Waals surface area contributed by atoms with Gasteiger partial charge < -0.3 is 19.9 Å². The summed E-state index contributed by atoms with van der Waals surface area (Å²) in [7, 11) is 1.46. The molecule has 7 nitrogen and oxygen atoms in total. The molecule has 1 aliphatic carbocycles. The van der Waals surface area contributed by atoms with E-state index in [1.807, 2.05) is 0 Å². The van der Waals surface area contributed by atoms with Crippen LogP contribution in [0.4, 0.5) is 19.0 Å². The molecule has 3 aliphatic rings. The van der Waals surface area contributed by atoms with Crippen molar-refractivity contribution in [1.29, 1.82) is 0 Å². The Balaban J connectivity index is 1.51. The quantitative estimate of drug-likeness (QED) is 0.688. The van der Waals surface area contributed by atoms with Crippen LogP contribution in [-0.2, 0) is 21.1 Å². The highest BCUT2D eigenvalue weighted by atomic mass is 35.5. The molecule has 2 aromatic heterocycles. The highest BCUT2D eigenvalue weighted by Gasteiger charge is 2.87. The number of ether oxygens (including phenoxy) is 2. The van der Waals surface area contributed by atoms with E-state index in [4.69, 9.17) is 21.1 Å². The summed E-state index contributed by atoms with van der Waals surface area (Å²) in [6, 6.07) is 4.85. The number of rotatable bonds is 4. The van der Waals surface area contributed by atoms with Crippen LogP contribution in [0.3, 0.4) is 0 Å². The third-order valence-corrected chi connectivity index (χ3v) is 6.80. The van der Waals surface area contributed by atoms with Gasteiger partial charge in [-0.25, -0.2) is 9.97 Å². The fourth-order valence-corrected chi connectivity index (χ4v) is 5.49. The molecule has 164 valence electrons. The number of nitrogens with zero attached hydrogens (tertiary/aromatic N) is 2. The minimum atomic E-state index is -4.64. The van der Waals surface area contributed by atoms with Gasteiger partial charge in [0, 0.05) is 24.1 Å². The van der Waals surface area contributed by atoms with Crippen molar-refractivity contribution in [2.24, 2.45) is 5.41 Å². The number of hydrogen-bond acceptors (Lipinski definition) is 6. The predicted molar refractivity (Wildman–Crippen MR) is 102 cm³/mol. The molecule has 5 atom stereocenters. The maximum atomic E-state index is 13.4. The number of carbonyl (C=O) groups excluding carboxylic acids is 1. The third kappa shape index (κ3) is 2.78. The van der Waals surface area contributed by atoms with Gasteiger partial charge in [-0.1, -0.05) is 11.6 Å². The summed E-state index contributed by atoms with van der Waals surface area (Å²) in [6.07, 6.45) is -4.41. The van der Waals surface area contributed by atoms with Crippen LogP contribution in [0.25, 0.3) is 0 Å². The fraction of sp³-hybridized carbons (Fsp3) is 0.450. The number of halogens is 4. The fourth-order valence-electron chi connectivity index (χ4n) is 5.28. The number of carbonyl (C=O) groups is 1. The van der Waals surface area contributed by atoms with Crippen LogP contribution in [-0.4, -0.2) is 46.4 Å². The lowest BCUT2D eigenvalue weighted by atomic mass is 9.74. The predicted octanol–water partition coefficient (Wildman–Crippen LogP) is 2.96. The SMILES string of the molecule is COc1cc(C23CC2(C(=O)Nc2cc(C(F)(F)F)cc(Cl)n2)C2CC(O)C3O2)ccn1. The van der Waals surface area contributed by atoms with Crippen LogP contribution in [0.1, 0.15) is 24.0 Å². The van der Waals surface area contributed by atoms with E-state index in [2.05, 4.69) is 15.3 Å². The lowest BCUT2D eigenvalue weighted by Crippen LogP contribution is -2.44. The number of aromatic nitrogens is 2. The van der Waals surface area contributed by atoms with Crippen LogP contribution in [0, 0.1) is 5.41 Å². The second-order valence-corrected chi connectivity index (χ2v) is 8.46. The number of anilines is 1. The number of alkyl halides is 3. The number of amides is 1. The Morgan fingerprint density at radius 2 is 2.16 bits per heavy atom. The third-order valence-electron chi connectivity index (χ3n) is 6.61. The van der Waals surface area contributed by atoms with Gasteiger partial charge in [-0.05, 0) is 30.2 Å². The Morgan fingerprint density at radius 1 is 1.39 bits per heavy atom. The molecule has 2 bridgehead atoms. The number of methoxy groups -OCH3 is 1. The van der Waals surface area contributed by atoms with E-state index in [1.165, 1.54) is 13.3 Å². The van der Waals surface area contributed by atoms with Crippen molar-refractivity contribution in [3.8, 4) is 5.88 Å². The molecule has 11 heteroatoms. The van der Waals surface area contributed by atoms with E-state index < -0.39 is 46.8 Å². The van der Waals surface area contributed by atoms with Gasteiger partial charge in [0.2, 0.25) is 11.8 Å². The minimum absolute atomic E-state index is 0.263. The summed E-state index contributed by atoms with van der Waals surface area (Å²) in [4.78, 5) is 21.3. The molecule has 0 aromatic carbocycles. The molecule has 5 rings (SSSR count). The molecule has 5 unspecified atom stereocenters. The minimum Gasteiger partial charge on any atom is -0.481 e. The molecular weight excluding hydrogens is 439 g/mol. The van der Waals surface area contributed by atoms with Gasteiger partial charge in [0.1, 0.15) is 11.0 Å². The highest BCUT2D eigenvalue weighted by Crippen LogP contribution is 2.77. The largest absolute Gasteiger partial charge is 0.481 e. The Labute approximate surface area is 179 Å². The average molecular weight is 456 g/mol. The maximum absolute atomic E-state index is 13.4. The zero-order chi connectivity index (χ0) is 22.2. The van der Waals surface area contributed by atoms with Gasteiger partial charge in [-0.3, -0.25) is 4.79 Å². The molecule has 31 heavy (non-hydrogen) atoms. The highest BCUT2D eigenvalue weighted by molar-refractivity contribution is 6.29. The van der Waals surface area contributed by atoms with Crippen molar-refractivity contribution in [2.45, 2.75) is 42.7 Å². The van der Waals surface area contributed by atoms with E-state index in [9.17, 15) is 23.1 Å². The summed E-state index contributed by atoms with van der Waals surface area (Å²) >= 11 is 5.74. The first-order valence-electron chi connectivity index (χ1n) is 9.52. The van der Waals surface area contributed by atoms with Crippen molar-refractivity contribution in [3.05, 3.63) is 46.7 Å². The van der Waals surface area contributed by atoms with E-state index in [-0.39, 0.29) is 17.4 Å². The first-order valence-corrected chi connectivity index (χ1v) is 9.90. The topological polar surface area (TPSA) is 93.6 Å². The van der Waals surface area contributed by atoms with Crippen LogP contribution >= 0.6 is 11.6 Å². The van der Waals surface area contributed by atoms with Gasteiger partial charge in [0.05, 0.1) is 36.4 Å². The van der Waals surface area contributed by atoms with Crippen LogP contribution in [0.15, 0.2) is 30.5 Å². The second-order valence-electron chi connectivity index (χ2n) is 8.07. The van der Waals surface area contributed by atoms with Crippen molar-refractivity contribution in [3.63, 3.8) is 0 Å². The van der Waals surface area contributed by atoms with Crippen LogP contribution in [0.2, 0.25) is 5.15 Å². The molecular formula is C20H17ClF3N3O4. The molecule has 1 saturated carbocycles. The van der Waals surface area contributed by atoms with Crippen molar-refractivity contribution >= 4 is 23.3 Å². The van der Waals surface area contributed by atoms with Gasteiger partial charge in [-0.2, -0.15) is 13.2 Å². The molecule has 0 spiro atoms. The number of hydrogen-bond donors (Lipinski definition) is 2. The molecule has 2 aliphatic heterocycles. The average Bonchev–Trinajstić information content (AvgIpc) is 3.20. The number of fused-ring (bicyclic) bond motifs is 5. The summed E-state index contributed by atoms with van der Waals surface area (Å²) in [6.45, 7) is 0. The molecule has 1 amide bonds. The normalized spacial score (nSPS) is 33.2. The van der Waals surface area contributed by atoms with Gasteiger partial charge >= 0.3 is 6.18 Å². The van der Waals surface area contributed by atoms with E-state index in [0.717, 1.165) is 11.6 Å². The standard InChI is InChI=1S/C20H17ClF3N3O4/c1-30-15-6-9(2-3-25-15)18-8-19(18,12-7-11(28)16(18)31-12)17(29)27-14-5-10(20(22,23)24)4-13(21)26-14/h2-6,11-12,16,28H,7-8H2,1H3,(H,26,27,29). The van der Waals surface area contributed by atoms with E-state index >= 15 is 0 Å². The van der Waals surface area contributed by atoms with E-state index in [0.29, 0.717) is 18.4 Å². The van der Waals surface area contributed by atoms with Crippen LogP contribution in [0.5, 0.6) is 5.88 Å². The monoisotopic (exact) mass is 455 g/mol. The first-order chi connectivity index (χ1) is 14.6.